The lowest BCUT2D eigenvalue weighted by molar-refractivity contribution is 0.0867. The summed E-state index contributed by atoms with van der Waals surface area (Å²) in [6.45, 7) is 10.4. The van der Waals surface area contributed by atoms with Gasteiger partial charge in [-0.3, -0.25) is 0 Å². The highest BCUT2D eigenvalue weighted by atomic mass is 14.9. The summed E-state index contributed by atoms with van der Waals surface area (Å²) in [5.41, 5.74) is 0.505. The van der Waals surface area contributed by atoms with Crippen molar-refractivity contribution in [3.8, 4) is 0 Å². The zero-order valence-electron chi connectivity index (χ0n) is 8.28. The monoisotopic (exact) mass is 155 g/mol. The molecule has 0 spiro atoms. The highest BCUT2D eigenvalue weighted by Gasteiger charge is 2.38. The first-order valence-corrected chi connectivity index (χ1v) is 4.79. The summed E-state index contributed by atoms with van der Waals surface area (Å²) >= 11 is 0. The molecule has 1 aliphatic carbocycles. The number of nitrogens with one attached hydrogen (secondary N) is 1. The summed E-state index contributed by atoms with van der Waals surface area (Å²) in [7, 11) is 0. The van der Waals surface area contributed by atoms with Crippen LogP contribution < -0.4 is 5.32 Å². The smallest absolute Gasteiger partial charge is 0.0100 e. The zero-order valence-corrected chi connectivity index (χ0v) is 8.28. The van der Waals surface area contributed by atoms with Crippen LogP contribution >= 0.6 is 0 Å². The van der Waals surface area contributed by atoms with Gasteiger partial charge < -0.3 is 5.32 Å². The Hall–Kier alpha value is -0.0400. The first-order valence-electron chi connectivity index (χ1n) is 4.79. The van der Waals surface area contributed by atoms with E-state index in [1.165, 1.54) is 12.8 Å². The summed E-state index contributed by atoms with van der Waals surface area (Å²) in [4.78, 5) is 0. The fourth-order valence-electron chi connectivity index (χ4n) is 2.04. The zero-order chi connectivity index (χ0) is 8.48. The van der Waals surface area contributed by atoms with Crippen molar-refractivity contribution in [2.24, 2.45) is 11.3 Å². The Balaban J connectivity index is 2.37. The number of hydrogen-bond donors (Lipinski definition) is 1. The van der Waals surface area contributed by atoms with E-state index in [0.717, 1.165) is 18.5 Å². The summed E-state index contributed by atoms with van der Waals surface area (Å²) < 4.78 is 0. The molecule has 1 nitrogen and oxygen atoms in total. The molecule has 0 radical (unpaired) electrons. The van der Waals surface area contributed by atoms with Crippen molar-refractivity contribution in [1.29, 1.82) is 0 Å². The van der Waals surface area contributed by atoms with E-state index in [2.05, 4.69) is 33.0 Å². The van der Waals surface area contributed by atoms with E-state index in [-0.39, 0.29) is 0 Å². The van der Waals surface area contributed by atoms with Crippen LogP contribution in [0.2, 0.25) is 0 Å². The Morgan fingerprint density at radius 1 is 1.27 bits per heavy atom. The van der Waals surface area contributed by atoms with Crippen molar-refractivity contribution in [2.45, 2.75) is 46.6 Å². The standard InChI is InChI=1S/C10H21N/c1-5-11-9-7-6-8(9)10(2,3)4/h8-9,11H,5-7H2,1-4H3. The minimum absolute atomic E-state index is 0.505. The molecule has 1 heteroatoms. The normalized spacial score (nSPS) is 31.6. The van der Waals surface area contributed by atoms with Gasteiger partial charge in [0, 0.05) is 6.04 Å². The maximum Gasteiger partial charge on any atom is 0.0100 e. The highest BCUT2D eigenvalue weighted by Crippen LogP contribution is 2.41. The maximum absolute atomic E-state index is 3.54. The second-order valence-electron chi connectivity index (χ2n) is 4.71. The van der Waals surface area contributed by atoms with Gasteiger partial charge in [-0.05, 0) is 30.7 Å². The topological polar surface area (TPSA) is 12.0 Å². The van der Waals surface area contributed by atoms with E-state index in [4.69, 9.17) is 0 Å². The molecular formula is C10H21N. The van der Waals surface area contributed by atoms with Crippen LogP contribution in [0.3, 0.4) is 0 Å². The average Bonchev–Trinajstić information content (AvgIpc) is 1.75. The maximum atomic E-state index is 3.54. The molecule has 11 heavy (non-hydrogen) atoms. The molecule has 66 valence electrons. The van der Waals surface area contributed by atoms with Crippen molar-refractivity contribution in [3.63, 3.8) is 0 Å². The van der Waals surface area contributed by atoms with Gasteiger partial charge in [-0.25, -0.2) is 0 Å². The third-order valence-electron chi connectivity index (χ3n) is 2.85. The molecule has 0 aromatic carbocycles. The lowest BCUT2D eigenvalue weighted by atomic mass is 9.65. The van der Waals surface area contributed by atoms with Crippen molar-refractivity contribution < 1.29 is 0 Å². The average molecular weight is 155 g/mol. The van der Waals surface area contributed by atoms with Crippen molar-refractivity contribution in [2.75, 3.05) is 6.54 Å². The van der Waals surface area contributed by atoms with Crippen LogP contribution in [-0.2, 0) is 0 Å². The van der Waals surface area contributed by atoms with Crippen molar-refractivity contribution in [3.05, 3.63) is 0 Å². The third-order valence-corrected chi connectivity index (χ3v) is 2.85. The fraction of sp³-hybridized carbons (Fsp3) is 1.00. The van der Waals surface area contributed by atoms with Gasteiger partial charge in [0.2, 0.25) is 0 Å². The molecule has 0 aromatic heterocycles. The molecule has 0 aromatic rings. The lowest BCUT2D eigenvalue weighted by Crippen LogP contribution is -2.49. The predicted molar refractivity (Wildman–Crippen MR) is 49.6 cm³/mol. The van der Waals surface area contributed by atoms with Gasteiger partial charge in [0.1, 0.15) is 0 Å². The first kappa shape index (κ1) is 9.05. The van der Waals surface area contributed by atoms with Crippen LogP contribution in [0.1, 0.15) is 40.5 Å². The summed E-state index contributed by atoms with van der Waals surface area (Å²) in [5, 5.41) is 3.54. The molecular weight excluding hydrogens is 134 g/mol. The minimum atomic E-state index is 0.505. The molecule has 2 atom stereocenters. The molecule has 2 unspecified atom stereocenters. The predicted octanol–water partition coefficient (Wildman–Crippen LogP) is 2.42. The third kappa shape index (κ3) is 1.96. The van der Waals surface area contributed by atoms with Crippen LogP contribution in [0.5, 0.6) is 0 Å². The molecule has 0 saturated heterocycles. The molecule has 1 saturated carbocycles. The molecule has 0 aliphatic heterocycles. The fourth-order valence-corrected chi connectivity index (χ4v) is 2.04. The number of rotatable bonds is 2. The van der Waals surface area contributed by atoms with E-state index in [1.54, 1.807) is 0 Å². The molecule has 0 bridgehead atoms. The van der Waals surface area contributed by atoms with E-state index >= 15 is 0 Å². The van der Waals surface area contributed by atoms with Gasteiger partial charge in [0.15, 0.2) is 0 Å². The summed E-state index contributed by atoms with van der Waals surface area (Å²) in [5.74, 6) is 0.905. The van der Waals surface area contributed by atoms with E-state index < -0.39 is 0 Å². The Morgan fingerprint density at radius 3 is 2.18 bits per heavy atom. The van der Waals surface area contributed by atoms with Crippen LogP contribution in [-0.4, -0.2) is 12.6 Å². The lowest BCUT2D eigenvalue weighted by Gasteiger charge is -2.45. The van der Waals surface area contributed by atoms with Gasteiger partial charge in [0.05, 0.1) is 0 Å². The molecule has 1 aliphatic rings. The minimum Gasteiger partial charge on any atom is -0.314 e. The van der Waals surface area contributed by atoms with Gasteiger partial charge >= 0.3 is 0 Å². The van der Waals surface area contributed by atoms with Crippen molar-refractivity contribution >= 4 is 0 Å². The molecule has 1 fully saturated rings. The van der Waals surface area contributed by atoms with Crippen LogP contribution in [0, 0.1) is 11.3 Å². The quantitative estimate of drug-likeness (QED) is 0.645. The van der Waals surface area contributed by atoms with Gasteiger partial charge in [0.25, 0.3) is 0 Å². The Kier molecular flexibility index (Phi) is 2.58. The molecule has 0 amide bonds. The van der Waals surface area contributed by atoms with Crippen LogP contribution in [0.4, 0.5) is 0 Å². The van der Waals surface area contributed by atoms with Crippen LogP contribution in [0.15, 0.2) is 0 Å². The van der Waals surface area contributed by atoms with Gasteiger partial charge in [-0.1, -0.05) is 27.7 Å². The summed E-state index contributed by atoms with van der Waals surface area (Å²) in [6, 6.07) is 0.806. The Labute approximate surface area is 70.6 Å². The van der Waals surface area contributed by atoms with E-state index in [9.17, 15) is 0 Å². The Morgan fingerprint density at radius 2 is 1.91 bits per heavy atom. The van der Waals surface area contributed by atoms with Gasteiger partial charge in [-0.2, -0.15) is 0 Å². The Bertz CT molecular complexity index is 123. The van der Waals surface area contributed by atoms with Gasteiger partial charge in [-0.15, -0.1) is 0 Å². The SMILES string of the molecule is CCNC1CCC1C(C)(C)C. The molecule has 0 heterocycles. The highest BCUT2D eigenvalue weighted by molar-refractivity contribution is 4.92. The summed E-state index contributed by atoms with van der Waals surface area (Å²) in [6.07, 6.45) is 2.80. The second kappa shape index (κ2) is 3.14. The molecule has 1 rings (SSSR count). The van der Waals surface area contributed by atoms with Crippen molar-refractivity contribution in [1.82, 2.24) is 5.32 Å². The number of hydrogen-bond acceptors (Lipinski definition) is 1. The second-order valence-corrected chi connectivity index (χ2v) is 4.71. The molecule has 1 N–H and O–H groups in total. The van der Waals surface area contributed by atoms with E-state index in [1.807, 2.05) is 0 Å². The largest absolute Gasteiger partial charge is 0.314 e. The first-order chi connectivity index (χ1) is 5.05. The van der Waals surface area contributed by atoms with E-state index in [0.29, 0.717) is 5.41 Å². The van der Waals surface area contributed by atoms with Crippen LogP contribution in [0.25, 0.3) is 0 Å².